The molecule has 0 fully saturated rings. The summed E-state index contributed by atoms with van der Waals surface area (Å²) in [5.74, 6) is 2.23. The molecule has 43 heavy (non-hydrogen) atoms. The van der Waals surface area contributed by atoms with E-state index in [1.54, 1.807) is 0 Å². The summed E-state index contributed by atoms with van der Waals surface area (Å²) in [6.45, 7) is 6.63. The molecule has 0 amide bonds. The van der Waals surface area contributed by atoms with Gasteiger partial charge in [0.05, 0.1) is 11.4 Å². The van der Waals surface area contributed by atoms with Gasteiger partial charge < -0.3 is 9.13 Å². The highest BCUT2D eigenvalue weighted by Crippen LogP contribution is 2.51. The van der Waals surface area contributed by atoms with Crippen LogP contribution in [0.25, 0.3) is 21.5 Å². The second-order valence-corrected chi connectivity index (χ2v) is 11.5. The lowest BCUT2D eigenvalue weighted by molar-refractivity contribution is 0.913. The van der Waals surface area contributed by atoms with Crippen LogP contribution < -0.4 is 9.80 Å². The van der Waals surface area contributed by atoms with Gasteiger partial charge in [-0.3, -0.25) is 9.80 Å². The van der Waals surface area contributed by atoms with E-state index in [4.69, 9.17) is 0 Å². The normalized spacial score (nSPS) is 11.4. The Balaban J connectivity index is 1.70. The first-order valence-electron chi connectivity index (χ1n) is 14.8. The standard InChI is InChI=1S/C39H36N4/c1-27-20-21-32-33(24-27)39(43(31-16-10-7-11-17-31)37-19-13-23-41(37)5)35-26-29(3)28(2)25-34(35)38(32)42(30-14-8-6-9-15-30)36-18-12-22-40(36)4/h6-26H,1-5H3. The van der Waals surface area contributed by atoms with E-state index in [1.165, 1.54) is 49.6 Å². The topological polar surface area (TPSA) is 16.3 Å². The van der Waals surface area contributed by atoms with Crippen LogP contribution in [0.5, 0.6) is 0 Å². The number of benzene rings is 5. The van der Waals surface area contributed by atoms with E-state index in [1.807, 2.05) is 0 Å². The summed E-state index contributed by atoms with van der Waals surface area (Å²) in [5, 5.41) is 4.86. The molecule has 7 aromatic rings. The number of para-hydroxylation sites is 2. The van der Waals surface area contributed by atoms with E-state index in [0.717, 1.165) is 23.0 Å². The predicted octanol–water partition coefficient (Wildman–Crippen LogP) is 10.5. The van der Waals surface area contributed by atoms with Crippen molar-refractivity contribution in [1.29, 1.82) is 0 Å². The van der Waals surface area contributed by atoms with Crippen LogP contribution >= 0.6 is 0 Å². The lowest BCUT2D eigenvalue weighted by Crippen LogP contribution is -2.17. The van der Waals surface area contributed by atoms with Crippen molar-refractivity contribution in [2.75, 3.05) is 9.80 Å². The fraction of sp³-hybridized carbons (Fsp3) is 0.128. The van der Waals surface area contributed by atoms with Gasteiger partial charge in [-0.2, -0.15) is 0 Å². The van der Waals surface area contributed by atoms with Gasteiger partial charge >= 0.3 is 0 Å². The number of aryl methyl sites for hydroxylation is 5. The minimum Gasteiger partial charge on any atom is -0.337 e. The molecule has 0 unspecified atom stereocenters. The van der Waals surface area contributed by atoms with Gasteiger partial charge in [-0.15, -0.1) is 0 Å². The highest BCUT2D eigenvalue weighted by molar-refractivity contribution is 6.23. The molecule has 0 spiro atoms. The summed E-state index contributed by atoms with van der Waals surface area (Å²) >= 11 is 0. The zero-order valence-electron chi connectivity index (χ0n) is 25.4. The van der Waals surface area contributed by atoms with E-state index in [0.29, 0.717) is 0 Å². The first-order chi connectivity index (χ1) is 20.9. The molecule has 0 radical (unpaired) electrons. The van der Waals surface area contributed by atoms with Crippen molar-refractivity contribution in [2.24, 2.45) is 14.1 Å². The van der Waals surface area contributed by atoms with Crippen LogP contribution in [0.1, 0.15) is 16.7 Å². The van der Waals surface area contributed by atoms with Crippen molar-refractivity contribution in [2.45, 2.75) is 20.8 Å². The predicted molar refractivity (Wildman–Crippen MR) is 183 cm³/mol. The molecule has 212 valence electrons. The summed E-state index contributed by atoms with van der Waals surface area (Å²) in [4.78, 5) is 4.85. The molecule has 0 N–H and O–H groups in total. The van der Waals surface area contributed by atoms with Crippen LogP contribution in [0, 0.1) is 20.8 Å². The Morgan fingerprint density at radius 1 is 0.442 bits per heavy atom. The van der Waals surface area contributed by atoms with Crippen molar-refractivity contribution < 1.29 is 0 Å². The highest BCUT2D eigenvalue weighted by Gasteiger charge is 2.27. The second kappa shape index (κ2) is 10.6. The number of nitrogens with zero attached hydrogens (tertiary/aromatic N) is 4. The number of hydrogen-bond acceptors (Lipinski definition) is 2. The smallest absolute Gasteiger partial charge is 0.117 e. The van der Waals surface area contributed by atoms with Gasteiger partial charge in [0.2, 0.25) is 0 Å². The van der Waals surface area contributed by atoms with E-state index in [2.05, 4.69) is 181 Å². The third-order valence-corrected chi connectivity index (χ3v) is 8.60. The quantitative estimate of drug-likeness (QED) is 0.149. The highest BCUT2D eigenvalue weighted by atomic mass is 15.3. The zero-order chi connectivity index (χ0) is 29.7. The third-order valence-electron chi connectivity index (χ3n) is 8.60. The maximum atomic E-state index is 2.43. The van der Waals surface area contributed by atoms with E-state index < -0.39 is 0 Å². The lowest BCUT2D eigenvalue weighted by Gasteiger charge is -2.33. The average molecular weight is 561 g/mol. The van der Waals surface area contributed by atoms with Crippen LogP contribution in [0.4, 0.5) is 34.4 Å². The zero-order valence-corrected chi connectivity index (χ0v) is 25.4. The van der Waals surface area contributed by atoms with E-state index >= 15 is 0 Å². The number of aromatic nitrogens is 2. The van der Waals surface area contributed by atoms with Gasteiger partial charge in [-0.25, -0.2) is 0 Å². The van der Waals surface area contributed by atoms with Crippen LogP contribution in [0.15, 0.2) is 128 Å². The van der Waals surface area contributed by atoms with Crippen molar-refractivity contribution in [1.82, 2.24) is 9.13 Å². The maximum absolute atomic E-state index is 2.43. The Labute approximate surface area is 253 Å². The molecule has 0 aliphatic rings. The number of rotatable bonds is 6. The molecule has 0 bridgehead atoms. The molecular weight excluding hydrogens is 524 g/mol. The molecule has 0 saturated carbocycles. The maximum Gasteiger partial charge on any atom is 0.117 e. The first-order valence-corrected chi connectivity index (χ1v) is 14.8. The molecule has 7 rings (SSSR count). The van der Waals surface area contributed by atoms with Crippen molar-refractivity contribution in [3.63, 3.8) is 0 Å². The SMILES string of the molecule is Cc1ccc2c(N(c3ccccc3)c3cccn3C)c3cc(C)c(C)cc3c(N(c3ccccc3)c3cccn3C)c2c1. The number of fused-ring (bicyclic) bond motifs is 2. The summed E-state index contributed by atoms with van der Waals surface area (Å²) in [6.07, 6.45) is 4.24. The molecule has 2 aromatic heterocycles. The molecule has 0 aliphatic carbocycles. The first kappa shape index (κ1) is 26.7. The summed E-state index contributed by atoms with van der Waals surface area (Å²) < 4.78 is 4.41. The third kappa shape index (κ3) is 4.47. The van der Waals surface area contributed by atoms with Crippen molar-refractivity contribution in [3.05, 3.63) is 144 Å². The molecule has 0 aliphatic heterocycles. The van der Waals surface area contributed by atoms with Gasteiger partial charge in [-0.05, 0) is 98.6 Å². The lowest BCUT2D eigenvalue weighted by atomic mass is 9.92. The monoisotopic (exact) mass is 560 g/mol. The van der Waals surface area contributed by atoms with Crippen LogP contribution in [-0.2, 0) is 14.1 Å². The summed E-state index contributed by atoms with van der Waals surface area (Å²) in [5.41, 5.74) is 8.40. The van der Waals surface area contributed by atoms with Gasteiger partial charge in [0.1, 0.15) is 11.6 Å². The Morgan fingerprint density at radius 2 is 0.884 bits per heavy atom. The van der Waals surface area contributed by atoms with E-state index in [-0.39, 0.29) is 0 Å². The van der Waals surface area contributed by atoms with Crippen molar-refractivity contribution in [3.8, 4) is 0 Å². The molecule has 0 atom stereocenters. The van der Waals surface area contributed by atoms with Gasteiger partial charge in [0.25, 0.3) is 0 Å². The van der Waals surface area contributed by atoms with Crippen LogP contribution in [0.3, 0.4) is 0 Å². The fourth-order valence-electron chi connectivity index (χ4n) is 6.32. The average Bonchev–Trinajstić information content (AvgIpc) is 3.64. The van der Waals surface area contributed by atoms with Crippen LogP contribution in [-0.4, -0.2) is 9.13 Å². The second-order valence-electron chi connectivity index (χ2n) is 11.5. The Bertz CT molecular complexity index is 2080. The largest absolute Gasteiger partial charge is 0.337 e. The van der Waals surface area contributed by atoms with Crippen LogP contribution in [0.2, 0.25) is 0 Å². The molecule has 4 nitrogen and oxygen atoms in total. The fourth-order valence-corrected chi connectivity index (χ4v) is 6.32. The number of hydrogen-bond donors (Lipinski definition) is 0. The number of anilines is 6. The Hall–Kier alpha value is -5.22. The Kier molecular flexibility index (Phi) is 6.55. The Morgan fingerprint density at radius 3 is 1.33 bits per heavy atom. The minimum absolute atomic E-state index is 1.11. The molecule has 0 saturated heterocycles. The minimum atomic E-state index is 1.11. The molecular formula is C39H36N4. The molecule has 4 heteroatoms. The van der Waals surface area contributed by atoms with E-state index in [9.17, 15) is 0 Å². The molecule has 5 aromatic carbocycles. The summed E-state index contributed by atoms with van der Waals surface area (Å²) in [6, 6.07) is 41.8. The van der Waals surface area contributed by atoms with Gasteiger partial charge in [0, 0.05) is 59.4 Å². The van der Waals surface area contributed by atoms with Crippen molar-refractivity contribution >= 4 is 55.9 Å². The van der Waals surface area contributed by atoms with Gasteiger partial charge in [-0.1, -0.05) is 54.1 Å². The van der Waals surface area contributed by atoms with Gasteiger partial charge in [0.15, 0.2) is 0 Å². The summed E-state index contributed by atoms with van der Waals surface area (Å²) in [7, 11) is 4.24. The molecule has 2 heterocycles.